The fourth-order valence-corrected chi connectivity index (χ4v) is 6.59. The van der Waals surface area contributed by atoms with E-state index in [-0.39, 0.29) is 10.8 Å². The summed E-state index contributed by atoms with van der Waals surface area (Å²) in [6.45, 7) is 8.21. The highest BCUT2D eigenvalue weighted by Gasteiger charge is 2.30. The molecular formula is C27H37N3O3S2. The van der Waals surface area contributed by atoms with E-state index in [1.807, 2.05) is 16.7 Å². The van der Waals surface area contributed by atoms with Gasteiger partial charge >= 0.3 is 0 Å². The number of carbonyl (C=O) groups excluding carboxylic acids is 1. The van der Waals surface area contributed by atoms with Crippen LogP contribution in [0.25, 0.3) is 0 Å². The number of nitrogens with two attached hydrogens (primary N) is 1. The number of sulfonamides is 1. The average molecular weight is 516 g/mol. The molecule has 0 aliphatic carbocycles. The zero-order valence-corrected chi connectivity index (χ0v) is 22.4. The summed E-state index contributed by atoms with van der Waals surface area (Å²) in [4.78, 5) is 18.8. The number of benzene rings is 2. The molecule has 2 N–H and O–H groups in total. The van der Waals surface area contributed by atoms with Crippen LogP contribution in [0, 0.1) is 5.92 Å². The molecule has 35 heavy (non-hydrogen) atoms. The molecule has 0 bridgehead atoms. The Hall–Kier alpha value is -1.87. The van der Waals surface area contributed by atoms with Crippen LogP contribution in [0.2, 0.25) is 0 Å². The summed E-state index contributed by atoms with van der Waals surface area (Å²) < 4.78 is 22.9. The molecule has 0 radical (unpaired) electrons. The van der Waals surface area contributed by atoms with Crippen LogP contribution < -0.4 is 5.14 Å². The van der Waals surface area contributed by atoms with E-state index in [1.54, 1.807) is 12.1 Å². The summed E-state index contributed by atoms with van der Waals surface area (Å²) >= 11 is 1.91. The van der Waals surface area contributed by atoms with Gasteiger partial charge < -0.3 is 9.80 Å². The van der Waals surface area contributed by atoms with E-state index >= 15 is 0 Å². The zero-order valence-electron chi connectivity index (χ0n) is 20.7. The number of nitrogens with zero attached hydrogens (tertiary/aromatic N) is 2. The van der Waals surface area contributed by atoms with E-state index < -0.39 is 10.0 Å². The van der Waals surface area contributed by atoms with Crippen molar-refractivity contribution >= 4 is 27.7 Å². The lowest BCUT2D eigenvalue weighted by atomic mass is 9.88. The number of piperidine rings is 2. The minimum absolute atomic E-state index is 0.0262. The van der Waals surface area contributed by atoms with Gasteiger partial charge in [0, 0.05) is 34.8 Å². The maximum atomic E-state index is 12.9. The Morgan fingerprint density at radius 2 is 1.54 bits per heavy atom. The van der Waals surface area contributed by atoms with Gasteiger partial charge in [-0.05, 0) is 93.1 Å². The summed E-state index contributed by atoms with van der Waals surface area (Å²) in [5, 5.41) is 5.76. The molecule has 2 saturated heterocycles. The van der Waals surface area contributed by atoms with Crippen LogP contribution >= 0.6 is 11.8 Å². The first-order valence-corrected chi connectivity index (χ1v) is 15.0. The lowest BCUT2D eigenvalue weighted by Crippen LogP contribution is -2.49. The van der Waals surface area contributed by atoms with E-state index in [2.05, 4.69) is 43.0 Å². The second-order valence-electron chi connectivity index (χ2n) is 10.1. The monoisotopic (exact) mass is 515 g/mol. The number of rotatable bonds is 7. The molecule has 2 fully saturated rings. The highest BCUT2D eigenvalue weighted by atomic mass is 32.2. The van der Waals surface area contributed by atoms with Gasteiger partial charge in [-0.1, -0.05) is 26.0 Å². The van der Waals surface area contributed by atoms with Crippen molar-refractivity contribution in [3.63, 3.8) is 0 Å². The lowest BCUT2D eigenvalue weighted by Gasteiger charge is -2.42. The third-order valence-corrected chi connectivity index (χ3v) is 9.11. The summed E-state index contributed by atoms with van der Waals surface area (Å²) in [5.74, 6) is 0.706. The van der Waals surface area contributed by atoms with Gasteiger partial charge in [0.2, 0.25) is 10.0 Å². The highest BCUT2D eigenvalue weighted by molar-refractivity contribution is 7.99. The van der Waals surface area contributed by atoms with Crippen molar-refractivity contribution in [2.45, 2.75) is 67.0 Å². The van der Waals surface area contributed by atoms with Crippen LogP contribution in [0.4, 0.5) is 0 Å². The summed E-state index contributed by atoms with van der Waals surface area (Å²) in [6, 6.07) is 15.6. The first-order valence-electron chi connectivity index (χ1n) is 12.6. The van der Waals surface area contributed by atoms with Gasteiger partial charge in [0.15, 0.2) is 0 Å². The number of thioether (sulfide) groups is 1. The molecule has 4 rings (SSSR count). The second kappa shape index (κ2) is 11.5. The van der Waals surface area contributed by atoms with Crippen LogP contribution in [-0.4, -0.2) is 61.6 Å². The molecule has 2 aromatic rings. The SMILES string of the molecule is CC(C)Sc1ccc(CC2CCN(C3CCN(C(=O)c4ccc(S(N)(=O)=O)cc4)CC3)CC2)cc1. The largest absolute Gasteiger partial charge is 0.339 e. The van der Waals surface area contributed by atoms with Gasteiger partial charge in [-0.3, -0.25) is 4.79 Å². The van der Waals surface area contributed by atoms with Crippen LogP contribution in [0.3, 0.4) is 0 Å². The first-order chi connectivity index (χ1) is 16.7. The molecule has 2 aliphatic rings. The minimum atomic E-state index is -3.75. The van der Waals surface area contributed by atoms with Crippen molar-refractivity contribution in [2.24, 2.45) is 11.1 Å². The number of likely N-dealkylation sites (tertiary alicyclic amines) is 2. The molecular weight excluding hydrogens is 478 g/mol. The topological polar surface area (TPSA) is 83.7 Å². The van der Waals surface area contributed by atoms with Crippen LogP contribution in [0.15, 0.2) is 58.3 Å². The van der Waals surface area contributed by atoms with E-state index in [1.165, 1.54) is 35.4 Å². The summed E-state index contributed by atoms with van der Waals surface area (Å²) in [5.41, 5.74) is 1.95. The molecule has 8 heteroatoms. The number of hydrogen-bond acceptors (Lipinski definition) is 5. The summed E-state index contributed by atoms with van der Waals surface area (Å²) in [6.07, 6.45) is 5.61. The van der Waals surface area contributed by atoms with Gasteiger partial charge in [0.25, 0.3) is 5.91 Å². The maximum Gasteiger partial charge on any atom is 0.253 e. The third-order valence-electron chi connectivity index (χ3n) is 7.17. The minimum Gasteiger partial charge on any atom is -0.339 e. The molecule has 0 spiro atoms. The Morgan fingerprint density at radius 1 is 0.943 bits per heavy atom. The molecule has 2 heterocycles. The Balaban J connectivity index is 1.21. The molecule has 0 aromatic heterocycles. The molecule has 2 aliphatic heterocycles. The molecule has 0 unspecified atom stereocenters. The quantitative estimate of drug-likeness (QED) is 0.553. The van der Waals surface area contributed by atoms with Crippen molar-refractivity contribution in [3.8, 4) is 0 Å². The van der Waals surface area contributed by atoms with Crippen LogP contribution in [0.1, 0.15) is 55.5 Å². The Bertz CT molecular complexity index is 1090. The summed E-state index contributed by atoms with van der Waals surface area (Å²) in [7, 11) is -3.75. The number of carbonyl (C=O) groups is 1. The normalized spacial score (nSPS) is 18.8. The zero-order chi connectivity index (χ0) is 25.0. The van der Waals surface area contributed by atoms with Crippen molar-refractivity contribution in [3.05, 3.63) is 59.7 Å². The number of amides is 1. The Morgan fingerprint density at radius 3 is 2.09 bits per heavy atom. The molecule has 2 aromatic carbocycles. The van der Waals surface area contributed by atoms with Crippen LogP contribution in [0.5, 0.6) is 0 Å². The van der Waals surface area contributed by atoms with E-state index in [0.717, 1.165) is 51.4 Å². The highest BCUT2D eigenvalue weighted by Crippen LogP contribution is 2.28. The van der Waals surface area contributed by atoms with E-state index in [0.29, 0.717) is 16.9 Å². The van der Waals surface area contributed by atoms with Gasteiger partial charge in [0.1, 0.15) is 0 Å². The molecule has 190 valence electrons. The maximum absolute atomic E-state index is 12.9. The predicted octanol–water partition coefficient (Wildman–Crippen LogP) is 4.39. The molecule has 0 saturated carbocycles. The van der Waals surface area contributed by atoms with Gasteiger partial charge in [0.05, 0.1) is 4.90 Å². The number of hydrogen-bond donors (Lipinski definition) is 1. The van der Waals surface area contributed by atoms with Crippen molar-refractivity contribution in [2.75, 3.05) is 26.2 Å². The van der Waals surface area contributed by atoms with Crippen LogP contribution in [-0.2, 0) is 16.4 Å². The van der Waals surface area contributed by atoms with Crippen molar-refractivity contribution in [1.82, 2.24) is 9.80 Å². The molecule has 6 nitrogen and oxygen atoms in total. The molecule has 0 atom stereocenters. The van der Waals surface area contributed by atoms with E-state index in [9.17, 15) is 13.2 Å². The number of primary sulfonamides is 1. The van der Waals surface area contributed by atoms with Gasteiger partial charge in [-0.25, -0.2) is 13.6 Å². The fraction of sp³-hybridized carbons (Fsp3) is 0.519. The van der Waals surface area contributed by atoms with E-state index in [4.69, 9.17) is 5.14 Å². The standard InChI is InChI=1S/C27H37N3O3S2/c1-20(2)34-25-7-3-21(4-8-25)19-22-11-15-29(16-12-22)24-13-17-30(18-14-24)27(31)23-5-9-26(10-6-23)35(28,32)33/h3-10,20,22,24H,11-19H2,1-2H3,(H2,28,32,33). The smallest absolute Gasteiger partial charge is 0.253 e. The van der Waals surface area contributed by atoms with Crippen molar-refractivity contribution < 1.29 is 13.2 Å². The average Bonchev–Trinajstić information content (AvgIpc) is 2.85. The Kier molecular flexibility index (Phi) is 8.58. The lowest BCUT2D eigenvalue weighted by molar-refractivity contribution is 0.0552. The van der Waals surface area contributed by atoms with Crippen molar-refractivity contribution in [1.29, 1.82) is 0 Å². The third kappa shape index (κ3) is 7.09. The first kappa shape index (κ1) is 26.2. The Labute approximate surface area is 214 Å². The van der Waals surface area contributed by atoms with Gasteiger partial charge in [-0.15, -0.1) is 11.8 Å². The van der Waals surface area contributed by atoms with Gasteiger partial charge in [-0.2, -0.15) is 0 Å². The molecule has 1 amide bonds. The predicted molar refractivity (Wildman–Crippen MR) is 142 cm³/mol. The fourth-order valence-electron chi connectivity index (χ4n) is 5.24. The second-order valence-corrected chi connectivity index (χ2v) is 13.3.